The number of hydrogen-bond acceptors (Lipinski definition) is 6. The highest BCUT2D eigenvalue weighted by Crippen LogP contribution is 2.37. The number of esters is 1. The Morgan fingerprint density at radius 2 is 1.75 bits per heavy atom. The Hall–Kier alpha value is -4.14. The third kappa shape index (κ3) is 5.88. The van der Waals surface area contributed by atoms with Crippen molar-refractivity contribution in [2.75, 3.05) is 11.9 Å². The molecule has 0 saturated carbocycles. The second-order valence-electron chi connectivity index (χ2n) is 9.27. The predicted octanol–water partition coefficient (Wildman–Crippen LogP) is 8.27. The summed E-state index contributed by atoms with van der Waals surface area (Å²) >= 11 is 7.57. The number of benzene rings is 3. The maximum Gasteiger partial charge on any atom is 0.412 e. The summed E-state index contributed by atoms with van der Waals surface area (Å²) in [6.07, 6.45) is 0.814. The number of fused-ring (bicyclic) bond motifs is 1. The van der Waals surface area contributed by atoms with E-state index in [0.717, 1.165) is 38.0 Å². The monoisotopic (exact) mass is 573 g/mol. The fourth-order valence-corrected chi connectivity index (χ4v) is 5.69. The van der Waals surface area contributed by atoms with E-state index in [9.17, 15) is 9.59 Å². The van der Waals surface area contributed by atoms with Crippen LogP contribution >= 0.6 is 23.1 Å². The molecule has 1 amide bonds. The summed E-state index contributed by atoms with van der Waals surface area (Å²) < 4.78 is 17.0. The smallest absolute Gasteiger partial charge is 0.412 e. The van der Waals surface area contributed by atoms with Gasteiger partial charge in [0.05, 0.1) is 22.9 Å². The van der Waals surface area contributed by atoms with Crippen LogP contribution in [0.3, 0.4) is 0 Å². The minimum atomic E-state index is -0.572. The normalized spacial score (nSPS) is 11.8. The van der Waals surface area contributed by atoms with Crippen molar-refractivity contribution in [2.45, 2.75) is 33.4 Å². The lowest BCUT2D eigenvalue weighted by atomic mass is 10.0. The minimum Gasteiger partial charge on any atom is -0.465 e. The van der Waals surface area contributed by atoms with Crippen molar-refractivity contribution in [3.8, 4) is 21.6 Å². The Morgan fingerprint density at radius 3 is 2.50 bits per heavy atom. The molecule has 0 aliphatic heterocycles. The molecule has 40 heavy (non-hydrogen) atoms. The van der Waals surface area contributed by atoms with E-state index in [1.807, 2.05) is 78.4 Å². The molecular weight excluding hydrogens is 546 g/mol. The van der Waals surface area contributed by atoms with Gasteiger partial charge in [0.25, 0.3) is 0 Å². The lowest BCUT2D eigenvalue weighted by Crippen LogP contribution is -2.16. The largest absolute Gasteiger partial charge is 0.465 e. The van der Waals surface area contributed by atoms with Crippen molar-refractivity contribution < 1.29 is 19.1 Å². The maximum absolute atomic E-state index is 12.8. The Bertz CT molecular complexity index is 1680. The van der Waals surface area contributed by atoms with E-state index in [1.54, 1.807) is 19.9 Å². The summed E-state index contributed by atoms with van der Waals surface area (Å²) in [7, 11) is 0. The van der Waals surface area contributed by atoms with Gasteiger partial charge in [-0.25, -0.2) is 4.79 Å². The molecule has 1 N–H and O–H groups in total. The van der Waals surface area contributed by atoms with E-state index in [1.165, 1.54) is 11.5 Å². The molecule has 0 aliphatic carbocycles. The first kappa shape index (κ1) is 27.4. The van der Waals surface area contributed by atoms with E-state index >= 15 is 0 Å². The molecule has 0 bridgehead atoms. The summed E-state index contributed by atoms with van der Waals surface area (Å²) in [5.41, 5.74) is 6.09. The summed E-state index contributed by atoms with van der Waals surface area (Å²) in [4.78, 5) is 25.5. The third-order valence-electron chi connectivity index (χ3n) is 6.57. The molecule has 5 rings (SSSR count). The van der Waals surface area contributed by atoms with Crippen LogP contribution in [-0.4, -0.2) is 27.6 Å². The Labute approximate surface area is 241 Å². The number of ether oxygens (including phenoxy) is 2. The van der Waals surface area contributed by atoms with Gasteiger partial charge in [-0.15, -0.1) is 0 Å². The molecule has 2 aromatic heterocycles. The number of aryl methyl sites for hydroxylation is 1. The molecule has 0 unspecified atom stereocenters. The van der Waals surface area contributed by atoms with Crippen LogP contribution in [0.15, 0.2) is 79.0 Å². The van der Waals surface area contributed by atoms with Crippen LogP contribution in [0.1, 0.15) is 31.2 Å². The average Bonchev–Trinajstić information content (AvgIpc) is 3.51. The zero-order valence-corrected chi connectivity index (χ0v) is 23.9. The number of nitrogens with zero attached hydrogens (tertiary/aromatic N) is 2. The molecule has 0 aliphatic rings. The molecule has 5 aromatic rings. The summed E-state index contributed by atoms with van der Waals surface area (Å²) in [6.45, 7) is 5.98. The van der Waals surface area contributed by atoms with Gasteiger partial charge in [0.15, 0.2) is 0 Å². The van der Waals surface area contributed by atoms with Gasteiger partial charge in [0.1, 0.15) is 12.6 Å². The van der Waals surface area contributed by atoms with Crippen molar-refractivity contribution in [3.05, 3.63) is 95.3 Å². The van der Waals surface area contributed by atoms with Gasteiger partial charge in [0.2, 0.25) is 0 Å². The topological polar surface area (TPSA) is 82.5 Å². The zero-order chi connectivity index (χ0) is 28.2. The molecule has 204 valence electrons. The number of carbonyl (C=O) groups excluding carboxylic acids is 2. The predicted molar refractivity (Wildman–Crippen MR) is 160 cm³/mol. The van der Waals surface area contributed by atoms with Crippen LogP contribution in [0.5, 0.6) is 0 Å². The van der Waals surface area contributed by atoms with Gasteiger partial charge in [-0.05, 0) is 73.3 Å². The number of amides is 1. The number of halogens is 1. The highest BCUT2D eigenvalue weighted by atomic mass is 35.5. The van der Waals surface area contributed by atoms with Crippen LogP contribution in [0.4, 0.5) is 10.5 Å². The highest BCUT2D eigenvalue weighted by Gasteiger charge is 2.19. The van der Waals surface area contributed by atoms with Gasteiger partial charge in [-0.1, -0.05) is 60.1 Å². The van der Waals surface area contributed by atoms with Crippen molar-refractivity contribution in [1.82, 2.24) is 8.94 Å². The Morgan fingerprint density at radius 1 is 1.02 bits per heavy atom. The van der Waals surface area contributed by atoms with Crippen LogP contribution in [0.25, 0.3) is 32.5 Å². The van der Waals surface area contributed by atoms with Crippen molar-refractivity contribution in [1.29, 1.82) is 0 Å². The first-order chi connectivity index (χ1) is 19.3. The van der Waals surface area contributed by atoms with Crippen molar-refractivity contribution in [2.24, 2.45) is 0 Å². The lowest BCUT2D eigenvalue weighted by Gasteiger charge is -2.16. The maximum atomic E-state index is 12.8. The number of carbonyl (C=O) groups is 2. The summed E-state index contributed by atoms with van der Waals surface area (Å²) in [5, 5.41) is 4.46. The minimum absolute atomic E-state index is 0.183. The number of anilines is 1. The van der Waals surface area contributed by atoms with Crippen molar-refractivity contribution >= 4 is 51.8 Å². The van der Waals surface area contributed by atoms with E-state index < -0.39 is 12.2 Å². The molecule has 1 atom stereocenters. The Balaban J connectivity index is 1.31. The van der Waals surface area contributed by atoms with Gasteiger partial charge in [0, 0.05) is 27.7 Å². The van der Waals surface area contributed by atoms with E-state index in [-0.39, 0.29) is 12.5 Å². The van der Waals surface area contributed by atoms with Crippen LogP contribution < -0.4 is 5.32 Å². The van der Waals surface area contributed by atoms with Crippen LogP contribution in [0.2, 0.25) is 5.02 Å². The molecule has 0 saturated heterocycles. The van der Waals surface area contributed by atoms with Crippen LogP contribution in [0, 0.1) is 6.92 Å². The highest BCUT2D eigenvalue weighted by molar-refractivity contribution is 7.10. The molecule has 0 radical (unpaired) electrons. The van der Waals surface area contributed by atoms with Crippen LogP contribution in [-0.2, 0) is 20.8 Å². The van der Waals surface area contributed by atoms with Gasteiger partial charge in [-0.2, -0.15) is 4.37 Å². The van der Waals surface area contributed by atoms with Gasteiger partial charge in [-0.3, -0.25) is 10.1 Å². The first-order valence-electron chi connectivity index (χ1n) is 12.9. The van der Waals surface area contributed by atoms with E-state index in [0.29, 0.717) is 23.0 Å². The summed E-state index contributed by atoms with van der Waals surface area (Å²) in [5.74, 6) is -0.254. The molecule has 0 spiro atoms. The first-order valence-corrected chi connectivity index (χ1v) is 14.0. The number of hydrogen-bond donors (Lipinski definition) is 1. The average molecular weight is 574 g/mol. The van der Waals surface area contributed by atoms with E-state index in [2.05, 4.69) is 15.8 Å². The molecular formula is C31H28ClN3O4S. The second kappa shape index (κ2) is 11.9. The lowest BCUT2D eigenvalue weighted by molar-refractivity contribution is -0.143. The molecule has 2 heterocycles. The molecule has 7 nitrogen and oxygen atoms in total. The number of nitrogens with one attached hydrogen (secondary N) is 1. The SMILES string of the molecule is CCOC(=O)Cn1ccc2cc(-c3ccc(-c4snc(C)c4NC(=O)O[C@H](C)c4ccccc4Cl)cc3)ccc21. The van der Waals surface area contributed by atoms with E-state index in [4.69, 9.17) is 21.1 Å². The quantitative estimate of drug-likeness (QED) is 0.189. The number of aromatic nitrogens is 2. The zero-order valence-electron chi connectivity index (χ0n) is 22.3. The summed E-state index contributed by atoms with van der Waals surface area (Å²) in [6, 6.07) is 23.6. The van der Waals surface area contributed by atoms with Gasteiger partial charge >= 0.3 is 12.1 Å². The second-order valence-corrected chi connectivity index (χ2v) is 10.4. The molecule has 9 heteroatoms. The van der Waals surface area contributed by atoms with Crippen molar-refractivity contribution in [3.63, 3.8) is 0 Å². The number of rotatable bonds is 8. The van der Waals surface area contributed by atoms with Gasteiger partial charge < -0.3 is 14.0 Å². The molecule has 0 fully saturated rings. The third-order valence-corrected chi connectivity index (χ3v) is 7.90. The fourth-order valence-electron chi connectivity index (χ4n) is 4.55. The fraction of sp³-hybridized carbons (Fsp3) is 0.194. The Kier molecular flexibility index (Phi) is 8.19. The molecule has 3 aromatic carbocycles. The standard InChI is InChI=1S/C31H28ClN3O4S/c1-4-38-28(36)18-35-16-15-24-17-23(13-14-27(24)35)21-9-11-22(12-10-21)30-29(19(2)34-40-30)33-31(37)39-20(3)25-7-5-6-8-26(25)32/h5-17,20H,4,18H2,1-3H3,(H,33,37)/t20-/m1/s1.